The van der Waals surface area contributed by atoms with Crippen molar-refractivity contribution in [1.29, 1.82) is 0 Å². The maximum atomic E-state index is 13.0. The summed E-state index contributed by atoms with van der Waals surface area (Å²) in [5.74, 6) is 3.44. The molecule has 1 saturated carbocycles. The number of rotatable bonds is 8. The summed E-state index contributed by atoms with van der Waals surface area (Å²) in [6.45, 7) is 8.08. The van der Waals surface area contributed by atoms with Gasteiger partial charge >= 0.3 is 6.01 Å². The lowest BCUT2D eigenvalue weighted by Gasteiger charge is -2.31. The molecule has 3 fully saturated rings. The molecule has 1 aliphatic carbocycles. The van der Waals surface area contributed by atoms with E-state index in [1.807, 2.05) is 4.90 Å². The SMILES string of the molecule is CO/N=C1\CCN(C(=O)C2CCC(c3ccc(OCC4CCN(c5nc(C(C)C)no5)CC4)cc3)CC2)C1. The van der Waals surface area contributed by atoms with Gasteiger partial charge in [-0.05, 0) is 68.1 Å². The number of benzene rings is 1. The fourth-order valence-electron chi connectivity index (χ4n) is 5.90. The van der Waals surface area contributed by atoms with E-state index in [0.717, 1.165) is 88.5 Å². The van der Waals surface area contributed by atoms with Crippen LogP contribution >= 0.6 is 0 Å². The van der Waals surface area contributed by atoms with Gasteiger partial charge in [0.05, 0.1) is 18.9 Å². The van der Waals surface area contributed by atoms with Crippen LogP contribution < -0.4 is 9.64 Å². The van der Waals surface area contributed by atoms with Gasteiger partial charge in [0.15, 0.2) is 5.82 Å². The summed E-state index contributed by atoms with van der Waals surface area (Å²) in [5, 5.41) is 8.11. The van der Waals surface area contributed by atoms with Crippen LogP contribution in [0.5, 0.6) is 5.75 Å². The molecule has 9 heteroatoms. The summed E-state index contributed by atoms with van der Waals surface area (Å²) in [7, 11) is 1.56. The van der Waals surface area contributed by atoms with Crippen LogP contribution in [-0.4, -0.2) is 66.6 Å². The smallest absolute Gasteiger partial charge is 0.324 e. The number of amides is 1. The summed E-state index contributed by atoms with van der Waals surface area (Å²) in [6, 6.07) is 9.27. The molecule has 2 saturated heterocycles. The van der Waals surface area contributed by atoms with Crippen LogP contribution in [0.25, 0.3) is 0 Å². The number of likely N-dealkylation sites (tertiary alicyclic amines) is 1. The third-order valence-electron chi connectivity index (χ3n) is 8.32. The van der Waals surface area contributed by atoms with E-state index in [0.29, 0.717) is 24.4 Å². The first-order valence-corrected chi connectivity index (χ1v) is 14.2. The lowest BCUT2D eigenvalue weighted by atomic mass is 9.78. The molecule has 0 unspecified atom stereocenters. The van der Waals surface area contributed by atoms with Crippen LogP contribution in [0.3, 0.4) is 0 Å². The first-order valence-electron chi connectivity index (χ1n) is 14.2. The Hall–Kier alpha value is -3.10. The van der Waals surface area contributed by atoms with Gasteiger partial charge in [-0.15, -0.1) is 0 Å². The molecule has 0 N–H and O–H groups in total. The molecule has 2 aromatic rings. The van der Waals surface area contributed by atoms with E-state index in [1.54, 1.807) is 7.11 Å². The van der Waals surface area contributed by atoms with E-state index in [1.165, 1.54) is 5.56 Å². The molecular weight excluding hydrogens is 482 g/mol. The van der Waals surface area contributed by atoms with Crippen LogP contribution in [0, 0.1) is 11.8 Å². The number of piperidine rings is 1. The molecule has 38 heavy (non-hydrogen) atoms. The maximum Gasteiger partial charge on any atom is 0.324 e. The van der Waals surface area contributed by atoms with Gasteiger partial charge in [0.25, 0.3) is 0 Å². The Balaban J connectivity index is 1.03. The number of carbonyl (C=O) groups is 1. The Bertz CT molecular complexity index is 1080. The number of ether oxygens (including phenoxy) is 1. The predicted octanol–water partition coefficient (Wildman–Crippen LogP) is 5.00. The summed E-state index contributed by atoms with van der Waals surface area (Å²) in [5.41, 5.74) is 2.32. The molecule has 0 atom stereocenters. The van der Waals surface area contributed by atoms with E-state index >= 15 is 0 Å². The molecule has 2 aliphatic heterocycles. The number of oxime groups is 1. The Kier molecular flexibility index (Phi) is 8.49. The van der Waals surface area contributed by atoms with Gasteiger partial charge in [0, 0.05) is 37.9 Å². The van der Waals surface area contributed by atoms with Crippen molar-refractivity contribution in [2.24, 2.45) is 17.0 Å². The van der Waals surface area contributed by atoms with Crippen molar-refractivity contribution in [2.75, 3.05) is 44.8 Å². The minimum Gasteiger partial charge on any atom is -0.493 e. The van der Waals surface area contributed by atoms with E-state index in [-0.39, 0.29) is 17.7 Å². The van der Waals surface area contributed by atoms with E-state index < -0.39 is 0 Å². The third-order valence-corrected chi connectivity index (χ3v) is 8.32. The molecule has 9 nitrogen and oxygen atoms in total. The molecule has 1 aromatic carbocycles. The zero-order valence-electron chi connectivity index (χ0n) is 23.0. The maximum absolute atomic E-state index is 13.0. The highest BCUT2D eigenvalue weighted by atomic mass is 16.6. The Morgan fingerprint density at radius 1 is 1.08 bits per heavy atom. The second kappa shape index (κ2) is 12.2. The number of carbonyl (C=O) groups excluding carboxylic acids is 1. The van der Waals surface area contributed by atoms with Gasteiger partial charge in [-0.3, -0.25) is 4.79 Å². The quantitative estimate of drug-likeness (QED) is 0.450. The van der Waals surface area contributed by atoms with Gasteiger partial charge in [-0.1, -0.05) is 36.3 Å². The zero-order valence-corrected chi connectivity index (χ0v) is 23.0. The van der Waals surface area contributed by atoms with Crippen LogP contribution in [-0.2, 0) is 9.63 Å². The zero-order chi connectivity index (χ0) is 26.5. The lowest BCUT2D eigenvalue weighted by molar-refractivity contribution is -0.135. The topological polar surface area (TPSA) is 93.3 Å². The Labute approximate surface area is 225 Å². The molecule has 1 amide bonds. The fourth-order valence-corrected chi connectivity index (χ4v) is 5.90. The van der Waals surface area contributed by atoms with Crippen molar-refractivity contribution in [1.82, 2.24) is 15.0 Å². The predicted molar refractivity (Wildman–Crippen MR) is 146 cm³/mol. The highest BCUT2D eigenvalue weighted by Gasteiger charge is 2.32. The molecule has 206 valence electrons. The monoisotopic (exact) mass is 523 g/mol. The van der Waals surface area contributed by atoms with Crippen molar-refractivity contribution >= 4 is 17.6 Å². The van der Waals surface area contributed by atoms with E-state index in [9.17, 15) is 4.79 Å². The average Bonchev–Trinajstić information content (AvgIpc) is 3.63. The van der Waals surface area contributed by atoms with Crippen molar-refractivity contribution < 1.29 is 18.9 Å². The summed E-state index contributed by atoms with van der Waals surface area (Å²) in [6.07, 6.45) is 6.95. The number of nitrogens with zero attached hydrogens (tertiary/aromatic N) is 5. The second-order valence-corrected chi connectivity index (χ2v) is 11.3. The van der Waals surface area contributed by atoms with Crippen molar-refractivity contribution in [3.63, 3.8) is 0 Å². The number of aromatic nitrogens is 2. The standard InChI is InChI=1S/C29H41N5O4/c1-20(2)27-30-29(38-32-27)33-15-12-21(13-16-33)19-37-26-10-8-23(9-11-26)22-4-6-24(7-5-22)28(35)34-17-14-25(18-34)31-36-3/h8-11,20-22,24H,4-7,12-19H2,1-3H3/b31-25+. The third kappa shape index (κ3) is 6.30. The van der Waals surface area contributed by atoms with E-state index in [2.05, 4.69) is 58.3 Å². The van der Waals surface area contributed by atoms with Gasteiger partial charge in [0.1, 0.15) is 12.9 Å². The fraction of sp³-hybridized carbons (Fsp3) is 0.655. The number of anilines is 1. The molecule has 0 radical (unpaired) electrons. The van der Waals surface area contributed by atoms with Crippen LogP contribution in [0.2, 0.25) is 0 Å². The molecule has 0 bridgehead atoms. The average molecular weight is 524 g/mol. The minimum absolute atomic E-state index is 0.138. The van der Waals surface area contributed by atoms with Crippen molar-refractivity contribution in [3.8, 4) is 5.75 Å². The largest absolute Gasteiger partial charge is 0.493 e. The molecular formula is C29H41N5O4. The van der Waals surface area contributed by atoms with Gasteiger partial charge < -0.3 is 23.9 Å². The van der Waals surface area contributed by atoms with Crippen molar-refractivity contribution in [3.05, 3.63) is 35.7 Å². The minimum atomic E-state index is 0.138. The summed E-state index contributed by atoms with van der Waals surface area (Å²) >= 11 is 0. The van der Waals surface area contributed by atoms with Gasteiger partial charge in [-0.2, -0.15) is 4.98 Å². The highest BCUT2D eigenvalue weighted by Crippen LogP contribution is 2.37. The van der Waals surface area contributed by atoms with Crippen LogP contribution in [0.15, 0.2) is 33.9 Å². The van der Waals surface area contributed by atoms with E-state index in [4.69, 9.17) is 14.1 Å². The normalized spacial score (nSPS) is 23.8. The molecule has 1 aromatic heterocycles. The van der Waals surface area contributed by atoms with Gasteiger partial charge in [-0.25, -0.2) is 0 Å². The lowest BCUT2D eigenvalue weighted by Crippen LogP contribution is -2.36. The van der Waals surface area contributed by atoms with Crippen LogP contribution in [0.1, 0.15) is 82.0 Å². The molecule has 0 spiro atoms. The first kappa shape index (κ1) is 26.5. The van der Waals surface area contributed by atoms with Gasteiger partial charge in [0.2, 0.25) is 5.91 Å². The summed E-state index contributed by atoms with van der Waals surface area (Å²) < 4.78 is 11.6. The number of hydrogen-bond donors (Lipinski definition) is 0. The second-order valence-electron chi connectivity index (χ2n) is 11.3. The molecule has 5 rings (SSSR count). The highest BCUT2D eigenvalue weighted by molar-refractivity contribution is 5.93. The molecule has 3 heterocycles. The summed E-state index contributed by atoms with van der Waals surface area (Å²) in [4.78, 5) is 26.5. The first-order chi connectivity index (χ1) is 18.5. The Morgan fingerprint density at radius 2 is 1.82 bits per heavy atom. The molecule has 3 aliphatic rings. The Morgan fingerprint density at radius 3 is 2.47 bits per heavy atom. The van der Waals surface area contributed by atoms with Crippen molar-refractivity contribution in [2.45, 2.75) is 70.6 Å². The number of hydrogen-bond acceptors (Lipinski definition) is 8. The van der Waals surface area contributed by atoms with Crippen LogP contribution in [0.4, 0.5) is 6.01 Å².